The van der Waals surface area contributed by atoms with Crippen LogP contribution >= 0.6 is 0 Å². The highest BCUT2D eigenvalue weighted by Gasteiger charge is 2.16. The molecule has 0 spiro atoms. The Labute approximate surface area is 162 Å². The topological polar surface area (TPSA) is 121 Å². The van der Waals surface area contributed by atoms with Gasteiger partial charge in [-0.15, -0.1) is 0 Å². The monoisotopic (exact) mass is 378 g/mol. The van der Waals surface area contributed by atoms with Crippen molar-refractivity contribution in [1.82, 2.24) is 4.57 Å². The van der Waals surface area contributed by atoms with E-state index in [1.54, 1.807) is 24.4 Å². The summed E-state index contributed by atoms with van der Waals surface area (Å²) in [7, 11) is 1.87. The van der Waals surface area contributed by atoms with Crippen LogP contribution in [0.25, 0.3) is 10.9 Å². The van der Waals surface area contributed by atoms with Crippen molar-refractivity contribution >= 4 is 34.2 Å². The molecule has 0 fully saturated rings. The molecule has 0 radical (unpaired) electrons. The van der Waals surface area contributed by atoms with Gasteiger partial charge in [-0.2, -0.15) is 0 Å². The number of carboxylic acid groups (broad SMARTS) is 1. The number of aromatic nitrogens is 1. The van der Waals surface area contributed by atoms with Gasteiger partial charge in [-0.1, -0.05) is 24.3 Å². The second kappa shape index (κ2) is 7.96. The number of nitrogen functional groups attached to an aromatic ring is 1. The summed E-state index contributed by atoms with van der Waals surface area (Å²) < 4.78 is 1.88. The van der Waals surface area contributed by atoms with Crippen molar-refractivity contribution in [2.45, 2.75) is 12.8 Å². The Balaban J connectivity index is 1.84. The molecule has 3 rings (SSSR count). The summed E-state index contributed by atoms with van der Waals surface area (Å²) in [6.07, 6.45) is 2.57. The molecule has 0 bridgehead atoms. The molecule has 7 nitrogen and oxygen atoms in total. The molecule has 0 atom stereocenters. The van der Waals surface area contributed by atoms with Crippen molar-refractivity contribution < 1.29 is 14.7 Å². The SMILES string of the molecule is Cn1cc(C(=O)CCc2ccccc2C(=N)N)c2cc(NCC(=O)O)ccc21. The van der Waals surface area contributed by atoms with Gasteiger partial charge in [-0.05, 0) is 30.2 Å². The molecule has 0 amide bonds. The van der Waals surface area contributed by atoms with Gasteiger partial charge in [0.05, 0.1) is 0 Å². The van der Waals surface area contributed by atoms with E-state index in [0.29, 0.717) is 23.2 Å². The smallest absolute Gasteiger partial charge is 0.322 e. The number of aliphatic carboxylic acids is 1. The van der Waals surface area contributed by atoms with Gasteiger partial charge in [-0.25, -0.2) is 0 Å². The highest BCUT2D eigenvalue weighted by Crippen LogP contribution is 2.26. The Kier molecular flexibility index (Phi) is 5.44. The molecule has 0 unspecified atom stereocenters. The summed E-state index contributed by atoms with van der Waals surface area (Å²) >= 11 is 0. The van der Waals surface area contributed by atoms with Crippen molar-refractivity contribution in [2.75, 3.05) is 11.9 Å². The molecule has 144 valence electrons. The lowest BCUT2D eigenvalue weighted by Gasteiger charge is -2.08. The molecule has 0 aliphatic heterocycles. The molecule has 3 aromatic rings. The number of aryl methyl sites for hydroxylation is 2. The Hall–Kier alpha value is -3.61. The van der Waals surface area contributed by atoms with Crippen LogP contribution in [0.5, 0.6) is 0 Å². The van der Waals surface area contributed by atoms with Crippen molar-refractivity contribution in [2.24, 2.45) is 12.8 Å². The number of nitrogens with zero attached hydrogens (tertiary/aromatic N) is 1. The van der Waals surface area contributed by atoms with E-state index in [1.165, 1.54) is 0 Å². The lowest BCUT2D eigenvalue weighted by molar-refractivity contribution is -0.134. The third kappa shape index (κ3) is 4.03. The molecular weight excluding hydrogens is 356 g/mol. The minimum atomic E-state index is -0.950. The number of hydrogen-bond donors (Lipinski definition) is 4. The Morgan fingerprint density at radius 2 is 1.93 bits per heavy atom. The van der Waals surface area contributed by atoms with Gasteiger partial charge < -0.3 is 20.7 Å². The predicted octanol–water partition coefficient (Wildman–Crippen LogP) is 2.77. The van der Waals surface area contributed by atoms with E-state index < -0.39 is 5.97 Å². The molecular formula is C21H22N4O3. The summed E-state index contributed by atoms with van der Waals surface area (Å²) in [5, 5.41) is 20.1. The number of nitrogens with two attached hydrogens (primary N) is 1. The Morgan fingerprint density at radius 1 is 1.18 bits per heavy atom. The number of ketones is 1. The van der Waals surface area contributed by atoms with Gasteiger partial charge >= 0.3 is 5.97 Å². The first-order valence-electron chi connectivity index (χ1n) is 8.87. The van der Waals surface area contributed by atoms with Gasteiger partial charge in [0.15, 0.2) is 5.78 Å². The number of Topliss-reactive ketones (excluding diaryl/α,β-unsaturated/α-hetero) is 1. The van der Waals surface area contributed by atoms with Gasteiger partial charge in [-0.3, -0.25) is 15.0 Å². The summed E-state index contributed by atoms with van der Waals surface area (Å²) in [6.45, 7) is -0.191. The highest BCUT2D eigenvalue weighted by atomic mass is 16.4. The second-order valence-electron chi connectivity index (χ2n) is 6.63. The van der Waals surface area contributed by atoms with Gasteiger partial charge in [0, 0.05) is 47.4 Å². The average Bonchev–Trinajstić information content (AvgIpc) is 3.00. The standard InChI is InChI=1S/C21H22N4O3/c1-25-12-17(16-10-14(7-8-18(16)25)24-11-20(27)28)19(26)9-6-13-4-2-3-5-15(13)21(22)23/h2-5,7-8,10,12,24H,6,9,11H2,1H3,(H3,22,23)(H,27,28). The van der Waals surface area contributed by atoms with Crippen LogP contribution in [-0.4, -0.2) is 33.8 Å². The maximum Gasteiger partial charge on any atom is 0.322 e. The highest BCUT2D eigenvalue weighted by molar-refractivity contribution is 6.09. The fourth-order valence-corrected chi connectivity index (χ4v) is 3.29. The van der Waals surface area contributed by atoms with E-state index >= 15 is 0 Å². The molecule has 0 saturated heterocycles. The average molecular weight is 378 g/mol. The normalized spacial score (nSPS) is 10.8. The first kappa shape index (κ1) is 19.2. The minimum Gasteiger partial charge on any atom is -0.480 e. The van der Waals surface area contributed by atoms with Gasteiger partial charge in [0.25, 0.3) is 0 Å². The first-order chi connectivity index (χ1) is 13.4. The van der Waals surface area contributed by atoms with Crippen molar-refractivity contribution in [1.29, 1.82) is 5.41 Å². The van der Waals surface area contributed by atoms with E-state index in [-0.39, 0.29) is 24.6 Å². The summed E-state index contributed by atoms with van der Waals surface area (Å²) in [5.74, 6) is -0.977. The Bertz CT molecular complexity index is 1070. The molecule has 2 aromatic carbocycles. The maximum atomic E-state index is 12.9. The molecule has 28 heavy (non-hydrogen) atoms. The summed E-state index contributed by atoms with van der Waals surface area (Å²) in [4.78, 5) is 23.7. The van der Waals surface area contributed by atoms with Gasteiger partial charge in [0.2, 0.25) is 0 Å². The van der Waals surface area contributed by atoms with Crippen molar-refractivity contribution in [3.8, 4) is 0 Å². The predicted molar refractivity (Wildman–Crippen MR) is 109 cm³/mol. The zero-order chi connectivity index (χ0) is 20.3. The molecule has 0 aliphatic carbocycles. The Morgan fingerprint density at radius 3 is 2.64 bits per heavy atom. The number of hydrogen-bond acceptors (Lipinski definition) is 4. The number of rotatable bonds is 8. The van der Waals surface area contributed by atoms with Crippen LogP contribution in [0.4, 0.5) is 5.69 Å². The summed E-state index contributed by atoms with van der Waals surface area (Å²) in [5.41, 5.74) is 9.28. The molecule has 0 saturated carbocycles. The summed E-state index contributed by atoms with van der Waals surface area (Å²) in [6, 6.07) is 12.8. The maximum absolute atomic E-state index is 12.9. The second-order valence-corrected chi connectivity index (χ2v) is 6.63. The van der Waals surface area contributed by atoms with Crippen molar-refractivity contribution in [3.05, 3.63) is 65.4 Å². The largest absolute Gasteiger partial charge is 0.480 e. The third-order valence-corrected chi connectivity index (χ3v) is 4.66. The number of carboxylic acids is 1. The van der Waals surface area contributed by atoms with E-state index in [0.717, 1.165) is 16.5 Å². The number of carbonyl (C=O) groups is 2. The first-order valence-corrected chi connectivity index (χ1v) is 8.87. The van der Waals surface area contributed by atoms with E-state index in [4.69, 9.17) is 16.2 Å². The van der Waals surface area contributed by atoms with E-state index in [1.807, 2.05) is 35.9 Å². The zero-order valence-electron chi connectivity index (χ0n) is 15.5. The molecule has 5 N–H and O–H groups in total. The zero-order valence-corrected chi connectivity index (χ0v) is 15.5. The minimum absolute atomic E-state index is 0.0117. The van der Waals surface area contributed by atoms with E-state index in [2.05, 4.69) is 5.32 Å². The molecule has 7 heteroatoms. The lowest BCUT2D eigenvalue weighted by atomic mass is 9.98. The van der Waals surface area contributed by atoms with Crippen LogP contribution in [0, 0.1) is 5.41 Å². The quantitative estimate of drug-likeness (QED) is 0.273. The molecule has 1 heterocycles. The molecule has 0 aliphatic rings. The number of amidine groups is 1. The number of fused-ring (bicyclic) bond motifs is 1. The number of anilines is 1. The third-order valence-electron chi connectivity index (χ3n) is 4.66. The fourth-order valence-electron chi connectivity index (χ4n) is 3.29. The van der Waals surface area contributed by atoms with Crippen molar-refractivity contribution in [3.63, 3.8) is 0 Å². The number of benzene rings is 2. The fraction of sp³-hybridized carbons (Fsp3) is 0.190. The van der Waals surface area contributed by atoms with Crippen LogP contribution in [0.1, 0.15) is 27.9 Å². The van der Waals surface area contributed by atoms with Crippen LogP contribution in [-0.2, 0) is 18.3 Å². The van der Waals surface area contributed by atoms with Gasteiger partial charge in [0.1, 0.15) is 12.4 Å². The van der Waals surface area contributed by atoms with Crippen LogP contribution in [0.2, 0.25) is 0 Å². The molecule has 1 aromatic heterocycles. The van der Waals surface area contributed by atoms with Crippen LogP contribution in [0.15, 0.2) is 48.7 Å². The van der Waals surface area contributed by atoms with E-state index in [9.17, 15) is 9.59 Å². The number of carbonyl (C=O) groups excluding carboxylic acids is 1. The lowest BCUT2D eigenvalue weighted by Crippen LogP contribution is -2.14. The number of nitrogens with one attached hydrogen (secondary N) is 2. The van der Waals surface area contributed by atoms with Crippen LogP contribution < -0.4 is 11.1 Å². The van der Waals surface area contributed by atoms with Crippen LogP contribution in [0.3, 0.4) is 0 Å².